The van der Waals surface area contributed by atoms with E-state index in [4.69, 9.17) is 0 Å². The second kappa shape index (κ2) is 6.65. The summed E-state index contributed by atoms with van der Waals surface area (Å²) in [6, 6.07) is 0. The van der Waals surface area contributed by atoms with Crippen LogP contribution >= 0.6 is 0 Å². The summed E-state index contributed by atoms with van der Waals surface area (Å²) in [5.74, 6) is -0.739. The summed E-state index contributed by atoms with van der Waals surface area (Å²) in [7, 11) is 0. The van der Waals surface area contributed by atoms with Crippen molar-refractivity contribution >= 4 is 0 Å². The second-order valence-electron chi connectivity index (χ2n) is 5.89. The molecule has 0 radical (unpaired) electrons. The van der Waals surface area contributed by atoms with Gasteiger partial charge in [0, 0.05) is 0 Å². The first-order valence-corrected chi connectivity index (χ1v) is 6.70. The normalized spacial score (nSPS) is 18.2. The number of hydrogen-bond acceptors (Lipinski definition) is 0. The van der Waals surface area contributed by atoms with E-state index in [1.54, 1.807) is 0 Å². The molecule has 104 valence electrons. The van der Waals surface area contributed by atoms with Gasteiger partial charge in [0.1, 0.15) is 0 Å². The molecule has 0 fully saturated rings. The van der Waals surface area contributed by atoms with Crippen molar-refractivity contribution < 1.29 is 13.2 Å². The van der Waals surface area contributed by atoms with Crippen LogP contribution in [0.3, 0.4) is 0 Å². The molecule has 0 aliphatic carbocycles. The predicted molar refractivity (Wildman–Crippen MR) is 66.9 cm³/mol. The lowest BCUT2D eigenvalue weighted by Gasteiger charge is -2.35. The van der Waals surface area contributed by atoms with Gasteiger partial charge in [0.25, 0.3) is 0 Å². The van der Waals surface area contributed by atoms with Crippen molar-refractivity contribution in [2.24, 2.45) is 17.3 Å². The molecule has 0 aliphatic heterocycles. The number of rotatable bonds is 7. The van der Waals surface area contributed by atoms with E-state index in [2.05, 4.69) is 27.7 Å². The van der Waals surface area contributed by atoms with Crippen molar-refractivity contribution in [2.75, 3.05) is 0 Å². The molecule has 0 saturated carbocycles. The van der Waals surface area contributed by atoms with Crippen molar-refractivity contribution in [3.8, 4) is 0 Å². The standard InChI is InChI=1S/C14H27F3/c1-6-7-9-13(5,11(2)3)10-8-12(4)14(15,16)17/h11-12H,6-10H2,1-5H3. The molecular formula is C14H27F3. The van der Waals surface area contributed by atoms with Crippen molar-refractivity contribution in [3.63, 3.8) is 0 Å². The van der Waals surface area contributed by atoms with E-state index >= 15 is 0 Å². The molecule has 0 amide bonds. The van der Waals surface area contributed by atoms with E-state index in [9.17, 15) is 13.2 Å². The largest absolute Gasteiger partial charge is 0.391 e. The molecule has 2 unspecified atom stereocenters. The Kier molecular flexibility index (Phi) is 6.57. The minimum atomic E-state index is -4.04. The molecule has 0 nitrogen and oxygen atoms in total. The van der Waals surface area contributed by atoms with Gasteiger partial charge in [-0.2, -0.15) is 13.2 Å². The molecule has 0 heterocycles. The van der Waals surface area contributed by atoms with Gasteiger partial charge in [-0.05, 0) is 30.6 Å². The summed E-state index contributed by atoms with van der Waals surface area (Å²) in [6.07, 6.45) is 0.133. The fourth-order valence-corrected chi connectivity index (χ4v) is 1.99. The monoisotopic (exact) mass is 252 g/mol. The van der Waals surface area contributed by atoms with Crippen LogP contribution in [0.15, 0.2) is 0 Å². The van der Waals surface area contributed by atoms with Crippen LogP contribution in [0.1, 0.15) is 66.7 Å². The van der Waals surface area contributed by atoms with Gasteiger partial charge < -0.3 is 0 Å². The van der Waals surface area contributed by atoms with Gasteiger partial charge in [-0.15, -0.1) is 0 Å². The summed E-state index contributed by atoms with van der Waals surface area (Å²) < 4.78 is 37.4. The lowest BCUT2D eigenvalue weighted by atomic mass is 9.71. The third-order valence-electron chi connectivity index (χ3n) is 4.20. The Morgan fingerprint density at radius 1 is 1.00 bits per heavy atom. The minimum absolute atomic E-state index is 0.0511. The molecule has 0 aromatic heterocycles. The number of hydrogen-bond donors (Lipinski definition) is 0. The Hall–Kier alpha value is -0.210. The van der Waals surface area contributed by atoms with Crippen LogP contribution in [0.25, 0.3) is 0 Å². The SMILES string of the molecule is CCCCC(C)(CCC(C)C(F)(F)F)C(C)C. The zero-order valence-electron chi connectivity index (χ0n) is 11.8. The second-order valence-corrected chi connectivity index (χ2v) is 5.89. The van der Waals surface area contributed by atoms with Crippen molar-refractivity contribution in [3.05, 3.63) is 0 Å². The average molecular weight is 252 g/mol. The van der Waals surface area contributed by atoms with Crippen molar-refractivity contribution in [1.29, 1.82) is 0 Å². The Balaban J connectivity index is 4.36. The lowest BCUT2D eigenvalue weighted by Crippen LogP contribution is -2.27. The summed E-state index contributed by atoms with van der Waals surface area (Å²) in [6.45, 7) is 9.79. The average Bonchev–Trinajstić information content (AvgIpc) is 2.21. The molecule has 0 aromatic rings. The first-order valence-electron chi connectivity index (χ1n) is 6.70. The third-order valence-corrected chi connectivity index (χ3v) is 4.20. The summed E-state index contributed by atoms with van der Waals surface area (Å²) in [5, 5.41) is 0. The Morgan fingerprint density at radius 2 is 1.53 bits per heavy atom. The Bertz CT molecular complexity index is 208. The summed E-state index contributed by atoms with van der Waals surface area (Å²) in [5.41, 5.74) is 0.0511. The van der Waals surface area contributed by atoms with Gasteiger partial charge in [0.05, 0.1) is 5.92 Å². The molecular weight excluding hydrogens is 225 g/mol. The van der Waals surface area contributed by atoms with Crippen LogP contribution in [0.2, 0.25) is 0 Å². The molecule has 0 aromatic carbocycles. The van der Waals surface area contributed by atoms with E-state index in [-0.39, 0.29) is 11.8 Å². The topological polar surface area (TPSA) is 0 Å². The highest BCUT2D eigenvalue weighted by Crippen LogP contribution is 2.40. The summed E-state index contributed by atoms with van der Waals surface area (Å²) >= 11 is 0. The van der Waals surface area contributed by atoms with Gasteiger partial charge in [-0.25, -0.2) is 0 Å². The van der Waals surface area contributed by atoms with Crippen molar-refractivity contribution in [1.82, 2.24) is 0 Å². The summed E-state index contributed by atoms with van der Waals surface area (Å²) in [4.78, 5) is 0. The Morgan fingerprint density at radius 3 is 1.88 bits per heavy atom. The fraction of sp³-hybridized carbons (Fsp3) is 1.00. The molecule has 0 spiro atoms. The van der Waals surface area contributed by atoms with Gasteiger partial charge >= 0.3 is 6.18 Å². The third kappa shape index (κ3) is 5.78. The molecule has 0 bridgehead atoms. The minimum Gasteiger partial charge on any atom is -0.171 e. The highest BCUT2D eigenvalue weighted by Gasteiger charge is 2.37. The molecule has 0 N–H and O–H groups in total. The molecule has 17 heavy (non-hydrogen) atoms. The lowest BCUT2D eigenvalue weighted by molar-refractivity contribution is -0.173. The van der Waals surface area contributed by atoms with Crippen LogP contribution in [-0.4, -0.2) is 6.18 Å². The fourth-order valence-electron chi connectivity index (χ4n) is 1.99. The Labute approximate surface area is 104 Å². The van der Waals surface area contributed by atoms with E-state index < -0.39 is 12.1 Å². The van der Waals surface area contributed by atoms with E-state index in [0.29, 0.717) is 12.3 Å². The first kappa shape index (κ1) is 16.8. The zero-order valence-corrected chi connectivity index (χ0v) is 11.8. The number of unbranched alkanes of at least 4 members (excludes halogenated alkanes) is 1. The van der Waals surface area contributed by atoms with Crippen LogP contribution in [-0.2, 0) is 0 Å². The van der Waals surface area contributed by atoms with E-state index in [0.717, 1.165) is 19.3 Å². The molecule has 3 heteroatoms. The van der Waals surface area contributed by atoms with E-state index in [1.807, 2.05) is 0 Å². The maximum Gasteiger partial charge on any atom is 0.391 e. The molecule has 0 aliphatic rings. The maximum atomic E-state index is 12.5. The van der Waals surface area contributed by atoms with Gasteiger partial charge in [-0.1, -0.05) is 47.5 Å². The predicted octanol–water partition coefficient (Wildman–Crippen LogP) is 5.82. The highest BCUT2D eigenvalue weighted by molar-refractivity contribution is 4.79. The first-order chi connectivity index (χ1) is 7.63. The van der Waals surface area contributed by atoms with E-state index in [1.165, 1.54) is 6.92 Å². The smallest absolute Gasteiger partial charge is 0.171 e. The molecule has 2 atom stereocenters. The van der Waals surface area contributed by atoms with Crippen LogP contribution < -0.4 is 0 Å². The highest BCUT2D eigenvalue weighted by atomic mass is 19.4. The van der Waals surface area contributed by atoms with Crippen molar-refractivity contribution in [2.45, 2.75) is 72.9 Å². The van der Waals surface area contributed by atoms with Gasteiger partial charge in [-0.3, -0.25) is 0 Å². The van der Waals surface area contributed by atoms with Gasteiger partial charge in [0.15, 0.2) is 0 Å². The number of halogens is 3. The zero-order chi connectivity index (χ0) is 13.7. The molecule has 0 saturated heterocycles. The van der Waals surface area contributed by atoms with Crippen LogP contribution in [0.4, 0.5) is 13.2 Å². The van der Waals surface area contributed by atoms with Crippen LogP contribution in [0, 0.1) is 17.3 Å². The maximum absolute atomic E-state index is 12.5. The molecule has 0 rings (SSSR count). The quantitative estimate of drug-likeness (QED) is 0.535. The number of alkyl halides is 3. The van der Waals surface area contributed by atoms with Gasteiger partial charge in [0.2, 0.25) is 0 Å². The van der Waals surface area contributed by atoms with Crippen LogP contribution in [0.5, 0.6) is 0 Å².